The summed E-state index contributed by atoms with van der Waals surface area (Å²) < 4.78 is 13.7. The molecule has 11 heteroatoms. The lowest BCUT2D eigenvalue weighted by atomic mass is 9.71. The van der Waals surface area contributed by atoms with E-state index >= 15 is 0 Å². The fourth-order valence-electron chi connectivity index (χ4n) is 9.22. The van der Waals surface area contributed by atoms with Crippen molar-refractivity contribution >= 4 is 28.6 Å². The molecule has 2 aromatic heterocycles. The van der Waals surface area contributed by atoms with Crippen LogP contribution in [0, 0.1) is 11.3 Å². The number of methoxy groups -OCH3 is 2. The number of aryl methyl sites for hydroxylation is 1. The van der Waals surface area contributed by atoms with Crippen molar-refractivity contribution in [2.75, 3.05) is 90.0 Å². The number of hydrogen-bond donors (Lipinski definition) is 1. The zero-order chi connectivity index (χ0) is 37.4. The minimum Gasteiger partial charge on any atom is -0.496 e. The van der Waals surface area contributed by atoms with Crippen LogP contribution in [0.5, 0.6) is 11.5 Å². The van der Waals surface area contributed by atoms with Gasteiger partial charge >= 0.3 is 0 Å². The van der Waals surface area contributed by atoms with Crippen molar-refractivity contribution in [3.8, 4) is 22.6 Å². The van der Waals surface area contributed by atoms with E-state index in [1.54, 1.807) is 32.0 Å². The van der Waals surface area contributed by atoms with Gasteiger partial charge in [0.1, 0.15) is 23.6 Å². The number of aromatic nitrogens is 2. The normalized spacial score (nSPS) is 19.2. The minimum atomic E-state index is -0.0527. The van der Waals surface area contributed by atoms with Crippen LogP contribution in [0.25, 0.3) is 21.9 Å². The third-order valence-corrected chi connectivity index (χ3v) is 12.7. The lowest BCUT2D eigenvalue weighted by molar-refractivity contribution is 0.0566. The van der Waals surface area contributed by atoms with Gasteiger partial charge in [0.05, 0.1) is 25.2 Å². The number of nitrogens with one attached hydrogen (secondary N) is 1. The summed E-state index contributed by atoms with van der Waals surface area (Å²) in [6.07, 6.45) is 10.7. The average Bonchev–Trinajstić information content (AvgIpc) is 3.16. The molecule has 0 unspecified atom stereocenters. The molecular formula is C43H55N7O4. The Morgan fingerprint density at radius 3 is 2.26 bits per heavy atom. The van der Waals surface area contributed by atoms with Gasteiger partial charge < -0.3 is 34.1 Å². The van der Waals surface area contributed by atoms with Gasteiger partial charge in [-0.05, 0) is 113 Å². The van der Waals surface area contributed by atoms with E-state index in [-0.39, 0.29) is 5.56 Å². The van der Waals surface area contributed by atoms with Crippen LogP contribution in [-0.4, -0.2) is 106 Å². The highest BCUT2D eigenvalue weighted by molar-refractivity contribution is 5.97. The van der Waals surface area contributed by atoms with Crippen LogP contribution >= 0.6 is 0 Å². The highest BCUT2D eigenvalue weighted by atomic mass is 16.5. The number of benzene rings is 2. The highest BCUT2D eigenvalue weighted by Gasteiger charge is 2.45. The second-order valence-corrected chi connectivity index (χ2v) is 16.2. The predicted molar refractivity (Wildman–Crippen MR) is 215 cm³/mol. The molecule has 54 heavy (non-hydrogen) atoms. The Bertz CT molecular complexity index is 2030. The Balaban J connectivity index is 0.874. The maximum Gasteiger partial charge on any atom is 0.259 e. The molecule has 0 atom stereocenters. The van der Waals surface area contributed by atoms with Gasteiger partial charge in [0.2, 0.25) is 0 Å². The Hall–Kier alpha value is -4.45. The first-order valence-corrected chi connectivity index (χ1v) is 19.7. The maximum absolute atomic E-state index is 13.1. The largest absolute Gasteiger partial charge is 0.496 e. The zero-order valence-corrected chi connectivity index (χ0v) is 32.4. The summed E-state index contributed by atoms with van der Waals surface area (Å²) in [4.78, 5) is 39.4. The lowest BCUT2D eigenvalue weighted by Gasteiger charge is -2.55. The van der Waals surface area contributed by atoms with E-state index in [1.807, 2.05) is 13.2 Å². The van der Waals surface area contributed by atoms with E-state index in [4.69, 9.17) is 9.47 Å². The Kier molecular flexibility index (Phi) is 10.4. The Morgan fingerprint density at radius 2 is 1.63 bits per heavy atom. The van der Waals surface area contributed by atoms with Gasteiger partial charge in [0, 0.05) is 92.9 Å². The van der Waals surface area contributed by atoms with E-state index in [0.29, 0.717) is 23.3 Å². The monoisotopic (exact) mass is 733 g/mol. The molecule has 286 valence electrons. The molecule has 1 N–H and O–H groups in total. The third-order valence-electron chi connectivity index (χ3n) is 12.7. The van der Waals surface area contributed by atoms with Gasteiger partial charge in [-0.2, -0.15) is 0 Å². The fourth-order valence-corrected chi connectivity index (χ4v) is 9.22. The van der Waals surface area contributed by atoms with Gasteiger partial charge in [-0.15, -0.1) is 0 Å². The van der Waals surface area contributed by atoms with Crippen LogP contribution in [0.15, 0.2) is 53.6 Å². The number of nitrogens with zero attached hydrogens (tertiary/aromatic N) is 6. The van der Waals surface area contributed by atoms with Crippen LogP contribution in [-0.2, 0) is 20.1 Å². The molecular weight excluding hydrogens is 679 g/mol. The first kappa shape index (κ1) is 36.5. The lowest BCUT2D eigenvalue weighted by Crippen LogP contribution is -2.60. The van der Waals surface area contributed by atoms with Crippen molar-refractivity contribution in [1.29, 1.82) is 0 Å². The number of likely N-dealkylation sites (tertiary alicyclic amines) is 2. The molecule has 8 rings (SSSR count). The average molecular weight is 734 g/mol. The van der Waals surface area contributed by atoms with Gasteiger partial charge in [-0.1, -0.05) is 6.07 Å². The molecule has 4 saturated heterocycles. The molecule has 4 aliphatic rings. The van der Waals surface area contributed by atoms with Crippen molar-refractivity contribution in [2.24, 2.45) is 18.4 Å². The number of aldehydes is 1. The van der Waals surface area contributed by atoms with Crippen molar-refractivity contribution in [3.05, 3.63) is 75.8 Å². The summed E-state index contributed by atoms with van der Waals surface area (Å²) in [7, 11) is 7.17. The summed E-state index contributed by atoms with van der Waals surface area (Å²) in [5.74, 6) is 3.23. The van der Waals surface area contributed by atoms with Gasteiger partial charge in [0.15, 0.2) is 0 Å². The molecule has 4 fully saturated rings. The topological polar surface area (TPSA) is 95.4 Å². The molecule has 0 aliphatic carbocycles. The third kappa shape index (κ3) is 7.09. The number of rotatable bonds is 12. The fraction of sp³-hybridized carbons (Fsp3) is 0.512. The number of anilines is 2. The Labute approximate surface area is 318 Å². The number of ether oxygens (including phenoxy) is 2. The van der Waals surface area contributed by atoms with Crippen LogP contribution < -0.4 is 30.1 Å². The molecule has 2 aromatic carbocycles. The van der Waals surface area contributed by atoms with Crippen molar-refractivity contribution in [1.82, 2.24) is 24.7 Å². The number of pyridine rings is 2. The summed E-state index contributed by atoms with van der Waals surface area (Å²) in [5, 5.41) is 4.66. The minimum absolute atomic E-state index is 0.0527. The van der Waals surface area contributed by atoms with Crippen LogP contribution in [0.3, 0.4) is 0 Å². The van der Waals surface area contributed by atoms with Gasteiger partial charge in [0.25, 0.3) is 5.56 Å². The molecule has 4 aliphatic heterocycles. The van der Waals surface area contributed by atoms with Gasteiger partial charge in [-0.25, -0.2) is 4.98 Å². The van der Waals surface area contributed by atoms with E-state index < -0.39 is 0 Å². The standard InChI is InChI=1S/C43H55N7O4/c1-44-22-31-6-7-34(18-33(31)27-51)50-28-43(29-50)10-16-48(17-11-43)24-30-8-14-47(15-9-30)26-38-39(53-3)19-32(20-40(38)54-4)37-25-46(2)42(52)36-23-45-41(21-35(36)37)49-12-5-13-49/h6-7,18-21,23,25,27,30,44H,5,8-17,22,24,26,28-29H2,1-4H3. The molecule has 0 radical (unpaired) electrons. The summed E-state index contributed by atoms with van der Waals surface area (Å²) in [6.45, 7) is 11.3. The van der Waals surface area contributed by atoms with E-state index in [2.05, 4.69) is 66.3 Å². The first-order chi connectivity index (χ1) is 26.3. The van der Waals surface area contributed by atoms with Crippen LogP contribution in [0.2, 0.25) is 0 Å². The number of hydrogen-bond acceptors (Lipinski definition) is 10. The van der Waals surface area contributed by atoms with E-state index in [0.717, 1.165) is 109 Å². The molecule has 0 saturated carbocycles. The molecule has 1 spiro atoms. The van der Waals surface area contributed by atoms with Crippen molar-refractivity contribution < 1.29 is 14.3 Å². The summed E-state index contributed by atoms with van der Waals surface area (Å²) >= 11 is 0. The quantitative estimate of drug-likeness (QED) is 0.197. The molecule has 6 heterocycles. The number of carbonyl (C=O) groups is 1. The molecule has 0 bridgehead atoms. The van der Waals surface area contributed by atoms with E-state index in [9.17, 15) is 9.59 Å². The van der Waals surface area contributed by atoms with Crippen LogP contribution in [0.1, 0.15) is 53.6 Å². The van der Waals surface area contributed by atoms with Gasteiger partial charge in [-0.3, -0.25) is 14.5 Å². The highest BCUT2D eigenvalue weighted by Crippen LogP contribution is 2.44. The summed E-state index contributed by atoms with van der Waals surface area (Å²) in [6, 6.07) is 12.6. The SMILES string of the molecule is CNCc1ccc(N2CC3(CCN(CC4CCN(Cc5c(OC)cc(-c6cn(C)c(=O)c7cnc(N8CCC8)cc67)cc5OC)CC4)CC3)C2)cc1C=O. The first-order valence-electron chi connectivity index (χ1n) is 19.7. The summed E-state index contributed by atoms with van der Waals surface area (Å²) in [5.41, 5.74) is 6.36. The number of carbonyl (C=O) groups excluding carboxylic acids is 1. The smallest absolute Gasteiger partial charge is 0.259 e. The molecule has 0 amide bonds. The second kappa shape index (κ2) is 15.4. The van der Waals surface area contributed by atoms with E-state index in [1.165, 1.54) is 51.0 Å². The van der Waals surface area contributed by atoms with Crippen LogP contribution in [0.4, 0.5) is 11.5 Å². The predicted octanol–water partition coefficient (Wildman–Crippen LogP) is 5.17. The van der Waals surface area contributed by atoms with Crippen molar-refractivity contribution in [3.63, 3.8) is 0 Å². The maximum atomic E-state index is 13.1. The number of fused-ring (bicyclic) bond motifs is 1. The second-order valence-electron chi connectivity index (χ2n) is 16.2. The molecule has 11 nitrogen and oxygen atoms in total. The zero-order valence-electron chi connectivity index (χ0n) is 32.4. The number of piperidine rings is 2. The Morgan fingerprint density at radius 1 is 0.907 bits per heavy atom. The molecule has 4 aromatic rings. The van der Waals surface area contributed by atoms with Crippen molar-refractivity contribution in [2.45, 2.75) is 45.2 Å².